The molecule has 4 rings (SSSR count). The Morgan fingerprint density at radius 3 is 1.96 bits per heavy atom. The normalized spacial score (nSPS) is 11.1. The zero-order chi connectivity index (χ0) is 19.2. The lowest BCUT2D eigenvalue weighted by Gasteiger charge is -2.20. The van der Waals surface area contributed by atoms with E-state index in [1.54, 1.807) is 6.26 Å². The van der Waals surface area contributed by atoms with Crippen LogP contribution in [0.25, 0.3) is 11.5 Å². The maximum Gasteiger partial charge on any atom is 0.227 e. The first-order valence-electron chi connectivity index (χ1n) is 8.99. The molecular formula is C22H19BrN4O. The summed E-state index contributed by atoms with van der Waals surface area (Å²) in [5, 5.41) is 0. The number of nitrogens with zero attached hydrogens (tertiary/aromatic N) is 4. The van der Waals surface area contributed by atoms with Crippen molar-refractivity contribution in [3.05, 3.63) is 101 Å². The predicted molar refractivity (Wildman–Crippen MR) is 111 cm³/mol. The molecule has 1 aromatic carbocycles. The van der Waals surface area contributed by atoms with Crippen LogP contribution in [-0.2, 0) is 19.6 Å². The fraction of sp³-hybridized carbons (Fsp3) is 0.136. The van der Waals surface area contributed by atoms with Crippen LogP contribution in [0, 0.1) is 0 Å². The number of halogens is 1. The number of rotatable bonds is 7. The maximum absolute atomic E-state index is 5.73. The molecule has 5 nitrogen and oxygen atoms in total. The Morgan fingerprint density at radius 1 is 0.750 bits per heavy atom. The molecule has 0 aliphatic rings. The lowest BCUT2D eigenvalue weighted by atomic mass is 10.2. The van der Waals surface area contributed by atoms with Gasteiger partial charge in [0.2, 0.25) is 5.89 Å². The maximum atomic E-state index is 5.73. The molecule has 0 spiro atoms. The van der Waals surface area contributed by atoms with Gasteiger partial charge < -0.3 is 4.42 Å². The minimum atomic E-state index is 0.609. The van der Waals surface area contributed by atoms with Crippen molar-refractivity contribution in [2.75, 3.05) is 0 Å². The van der Waals surface area contributed by atoms with Crippen LogP contribution in [0.3, 0.4) is 0 Å². The number of aromatic nitrogens is 3. The van der Waals surface area contributed by atoms with E-state index < -0.39 is 0 Å². The van der Waals surface area contributed by atoms with Gasteiger partial charge in [0, 0.05) is 36.5 Å². The summed E-state index contributed by atoms with van der Waals surface area (Å²) in [7, 11) is 0. The molecule has 4 aromatic rings. The van der Waals surface area contributed by atoms with Crippen molar-refractivity contribution < 1.29 is 4.42 Å². The molecule has 0 amide bonds. The van der Waals surface area contributed by atoms with Crippen LogP contribution in [-0.4, -0.2) is 19.9 Å². The Labute approximate surface area is 172 Å². The van der Waals surface area contributed by atoms with Gasteiger partial charge in [-0.3, -0.25) is 14.9 Å². The molecule has 0 saturated carbocycles. The number of oxazole rings is 1. The highest BCUT2D eigenvalue weighted by Gasteiger charge is 2.14. The van der Waals surface area contributed by atoms with Gasteiger partial charge >= 0.3 is 0 Å². The van der Waals surface area contributed by atoms with Crippen molar-refractivity contribution in [2.24, 2.45) is 0 Å². The van der Waals surface area contributed by atoms with Crippen LogP contribution < -0.4 is 0 Å². The van der Waals surface area contributed by atoms with E-state index in [1.165, 1.54) is 0 Å². The fourth-order valence-electron chi connectivity index (χ4n) is 2.98. The monoisotopic (exact) mass is 434 g/mol. The third-order valence-corrected chi connectivity index (χ3v) is 4.96. The highest BCUT2D eigenvalue weighted by molar-refractivity contribution is 9.10. The number of benzene rings is 1. The van der Waals surface area contributed by atoms with E-state index in [0.29, 0.717) is 25.5 Å². The second-order valence-corrected chi connectivity index (χ2v) is 7.27. The van der Waals surface area contributed by atoms with Crippen LogP contribution >= 0.6 is 15.9 Å². The van der Waals surface area contributed by atoms with Crippen molar-refractivity contribution in [1.29, 1.82) is 0 Å². The second-order valence-electron chi connectivity index (χ2n) is 6.41. The second kappa shape index (κ2) is 8.91. The van der Waals surface area contributed by atoms with E-state index in [2.05, 4.69) is 35.8 Å². The molecule has 3 heterocycles. The summed E-state index contributed by atoms with van der Waals surface area (Å²) in [4.78, 5) is 15.8. The first-order valence-corrected chi connectivity index (χ1v) is 9.79. The Hall–Kier alpha value is -2.83. The van der Waals surface area contributed by atoms with E-state index in [1.807, 2.05) is 73.1 Å². The summed E-state index contributed by atoms with van der Waals surface area (Å²) < 4.78 is 6.69. The van der Waals surface area contributed by atoms with E-state index in [0.717, 1.165) is 27.1 Å². The zero-order valence-electron chi connectivity index (χ0n) is 15.2. The third kappa shape index (κ3) is 4.71. The minimum absolute atomic E-state index is 0.609. The molecule has 0 N–H and O–H groups in total. The molecule has 6 heteroatoms. The van der Waals surface area contributed by atoms with Crippen molar-refractivity contribution in [3.63, 3.8) is 0 Å². The summed E-state index contributed by atoms with van der Waals surface area (Å²) in [5.74, 6) is 0.609. The Morgan fingerprint density at radius 2 is 1.36 bits per heavy atom. The molecule has 0 bridgehead atoms. The first kappa shape index (κ1) is 18.5. The van der Waals surface area contributed by atoms with Gasteiger partial charge in [-0.2, -0.15) is 0 Å². The smallest absolute Gasteiger partial charge is 0.227 e. The standard InChI is InChI=1S/C22H19BrN4O/c23-21-10-2-1-9-20(21)22-26-19(16-28-22)15-27(13-17-7-3-5-11-24-17)14-18-8-4-6-12-25-18/h1-12,16H,13-15H2. The topological polar surface area (TPSA) is 55.1 Å². The van der Waals surface area contributed by atoms with E-state index in [-0.39, 0.29) is 0 Å². The van der Waals surface area contributed by atoms with Crippen molar-refractivity contribution in [3.8, 4) is 11.5 Å². The Balaban J connectivity index is 1.54. The molecule has 0 fully saturated rings. The molecule has 0 radical (unpaired) electrons. The average molecular weight is 435 g/mol. The molecule has 0 saturated heterocycles. The summed E-state index contributed by atoms with van der Waals surface area (Å²) in [6.07, 6.45) is 5.35. The van der Waals surface area contributed by atoms with Gasteiger partial charge in [0.05, 0.1) is 22.6 Å². The summed E-state index contributed by atoms with van der Waals surface area (Å²) in [5.41, 5.74) is 3.83. The Kier molecular flexibility index (Phi) is 5.89. The SMILES string of the molecule is Brc1ccccc1-c1nc(CN(Cc2ccccn2)Cc2ccccn2)co1. The largest absolute Gasteiger partial charge is 0.444 e. The molecule has 28 heavy (non-hydrogen) atoms. The van der Waals surface area contributed by atoms with Crippen molar-refractivity contribution in [1.82, 2.24) is 19.9 Å². The molecule has 140 valence electrons. The minimum Gasteiger partial charge on any atom is -0.444 e. The first-order chi connectivity index (χ1) is 13.8. The van der Waals surface area contributed by atoms with E-state index >= 15 is 0 Å². The molecule has 3 aromatic heterocycles. The van der Waals surface area contributed by atoms with Gasteiger partial charge in [0.15, 0.2) is 0 Å². The van der Waals surface area contributed by atoms with Crippen LogP contribution in [0.2, 0.25) is 0 Å². The fourth-order valence-corrected chi connectivity index (χ4v) is 3.43. The third-order valence-electron chi connectivity index (χ3n) is 4.27. The van der Waals surface area contributed by atoms with Gasteiger partial charge in [-0.05, 0) is 52.3 Å². The average Bonchev–Trinajstić information content (AvgIpc) is 3.18. The lowest BCUT2D eigenvalue weighted by molar-refractivity contribution is 0.238. The van der Waals surface area contributed by atoms with E-state index in [4.69, 9.17) is 4.42 Å². The quantitative estimate of drug-likeness (QED) is 0.405. The molecule has 0 unspecified atom stereocenters. The van der Waals surface area contributed by atoms with Crippen LogP contribution in [0.15, 0.2) is 88.2 Å². The van der Waals surface area contributed by atoms with Gasteiger partial charge in [-0.1, -0.05) is 24.3 Å². The number of hydrogen-bond donors (Lipinski definition) is 0. The van der Waals surface area contributed by atoms with Gasteiger partial charge in [0.1, 0.15) is 6.26 Å². The number of pyridine rings is 2. The zero-order valence-corrected chi connectivity index (χ0v) is 16.8. The van der Waals surface area contributed by atoms with Crippen LogP contribution in [0.5, 0.6) is 0 Å². The van der Waals surface area contributed by atoms with E-state index in [9.17, 15) is 0 Å². The lowest BCUT2D eigenvalue weighted by Crippen LogP contribution is -2.23. The summed E-state index contributed by atoms with van der Waals surface area (Å²) in [6.45, 7) is 2.05. The highest BCUT2D eigenvalue weighted by Crippen LogP contribution is 2.27. The van der Waals surface area contributed by atoms with Gasteiger partial charge in [0.25, 0.3) is 0 Å². The van der Waals surface area contributed by atoms with Crippen LogP contribution in [0.1, 0.15) is 17.1 Å². The van der Waals surface area contributed by atoms with Crippen molar-refractivity contribution in [2.45, 2.75) is 19.6 Å². The summed E-state index contributed by atoms with van der Waals surface area (Å²) in [6, 6.07) is 19.8. The molecule has 0 aliphatic heterocycles. The van der Waals surface area contributed by atoms with Crippen LogP contribution in [0.4, 0.5) is 0 Å². The molecule has 0 atom stereocenters. The Bertz CT molecular complexity index is 979. The predicted octanol–water partition coefficient (Wildman–Crippen LogP) is 5.10. The number of hydrogen-bond acceptors (Lipinski definition) is 5. The molecular weight excluding hydrogens is 416 g/mol. The summed E-state index contributed by atoms with van der Waals surface area (Å²) >= 11 is 3.55. The molecule has 0 aliphatic carbocycles. The highest BCUT2D eigenvalue weighted by atomic mass is 79.9. The van der Waals surface area contributed by atoms with Crippen molar-refractivity contribution >= 4 is 15.9 Å². The van der Waals surface area contributed by atoms with Gasteiger partial charge in [-0.15, -0.1) is 0 Å². The van der Waals surface area contributed by atoms with Gasteiger partial charge in [-0.25, -0.2) is 4.98 Å².